The first kappa shape index (κ1) is 14.4. The van der Waals surface area contributed by atoms with Gasteiger partial charge in [0.2, 0.25) is 5.91 Å². The molecule has 112 valence electrons. The molecular formula is C19H19NO2. The summed E-state index contributed by atoms with van der Waals surface area (Å²) in [6, 6.07) is 16.0. The predicted molar refractivity (Wildman–Crippen MR) is 87.8 cm³/mol. The molecule has 0 unspecified atom stereocenters. The van der Waals surface area contributed by atoms with Crippen molar-refractivity contribution in [3.63, 3.8) is 0 Å². The lowest BCUT2D eigenvalue weighted by Crippen LogP contribution is -2.42. The molecule has 1 aliphatic heterocycles. The maximum atomic E-state index is 12.0. The minimum absolute atomic E-state index is 0.0186. The molecule has 1 aliphatic rings. The van der Waals surface area contributed by atoms with Crippen molar-refractivity contribution in [3.05, 3.63) is 71.3 Å². The van der Waals surface area contributed by atoms with Gasteiger partial charge in [-0.15, -0.1) is 0 Å². The Hall–Kier alpha value is -2.55. The van der Waals surface area contributed by atoms with Gasteiger partial charge in [-0.1, -0.05) is 48.0 Å². The Morgan fingerprint density at radius 3 is 2.77 bits per heavy atom. The molecule has 0 spiro atoms. The summed E-state index contributed by atoms with van der Waals surface area (Å²) < 4.78 is 5.67. The molecule has 22 heavy (non-hydrogen) atoms. The van der Waals surface area contributed by atoms with Crippen LogP contribution < -0.4 is 10.1 Å². The second kappa shape index (κ2) is 6.48. The van der Waals surface area contributed by atoms with Crippen LogP contribution in [-0.4, -0.2) is 18.6 Å². The summed E-state index contributed by atoms with van der Waals surface area (Å²) in [6.45, 7) is 2.56. The van der Waals surface area contributed by atoms with Crippen molar-refractivity contribution in [2.24, 2.45) is 0 Å². The lowest BCUT2D eigenvalue weighted by molar-refractivity contribution is -0.117. The molecule has 0 aromatic heterocycles. The van der Waals surface area contributed by atoms with Gasteiger partial charge in [0.15, 0.2) is 0 Å². The van der Waals surface area contributed by atoms with Gasteiger partial charge in [-0.25, -0.2) is 0 Å². The van der Waals surface area contributed by atoms with Crippen LogP contribution in [0.3, 0.4) is 0 Å². The molecule has 3 nitrogen and oxygen atoms in total. The molecule has 3 heteroatoms. The zero-order valence-corrected chi connectivity index (χ0v) is 12.6. The van der Waals surface area contributed by atoms with Gasteiger partial charge in [-0.2, -0.15) is 0 Å². The van der Waals surface area contributed by atoms with E-state index in [1.54, 1.807) is 6.08 Å². The van der Waals surface area contributed by atoms with Gasteiger partial charge in [0.25, 0.3) is 0 Å². The zero-order chi connectivity index (χ0) is 15.4. The average molecular weight is 293 g/mol. The number of hydrogen-bond acceptors (Lipinski definition) is 2. The van der Waals surface area contributed by atoms with Crippen molar-refractivity contribution in [2.45, 2.75) is 19.4 Å². The number of hydrogen-bond donors (Lipinski definition) is 1. The molecule has 3 rings (SSSR count). The summed E-state index contributed by atoms with van der Waals surface area (Å²) in [5.74, 6) is 0.830. The maximum absolute atomic E-state index is 12.0. The molecule has 2 aromatic rings. The maximum Gasteiger partial charge on any atom is 0.244 e. The Morgan fingerprint density at radius 1 is 1.18 bits per heavy atom. The molecule has 0 fully saturated rings. The summed E-state index contributed by atoms with van der Waals surface area (Å²) in [4.78, 5) is 12.0. The van der Waals surface area contributed by atoms with Gasteiger partial charge in [0.1, 0.15) is 12.4 Å². The Bertz CT molecular complexity index is 689. The number of nitrogens with one attached hydrogen (secondary N) is 1. The summed E-state index contributed by atoms with van der Waals surface area (Å²) in [7, 11) is 0. The number of aryl methyl sites for hydroxylation is 1. The number of amides is 1. The molecule has 0 aliphatic carbocycles. The zero-order valence-electron chi connectivity index (χ0n) is 12.6. The third-order valence-corrected chi connectivity index (χ3v) is 3.73. The highest BCUT2D eigenvalue weighted by atomic mass is 16.5. The first-order valence-corrected chi connectivity index (χ1v) is 7.47. The molecule has 0 saturated carbocycles. The van der Waals surface area contributed by atoms with Crippen LogP contribution in [-0.2, 0) is 11.2 Å². The lowest BCUT2D eigenvalue weighted by Gasteiger charge is -2.25. The molecule has 2 aromatic carbocycles. The normalized spacial score (nSPS) is 16.9. The van der Waals surface area contributed by atoms with E-state index in [4.69, 9.17) is 4.74 Å². The number of carbonyl (C=O) groups is 1. The second-order valence-electron chi connectivity index (χ2n) is 5.57. The van der Waals surface area contributed by atoms with Crippen molar-refractivity contribution in [1.29, 1.82) is 0 Å². The second-order valence-corrected chi connectivity index (χ2v) is 5.57. The van der Waals surface area contributed by atoms with E-state index in [0.717, 1.165) is 23.3 Å². The van der Waals surface area contributed by atoms with Crippen molar-refractivity contribution in [3.8, 4) is 5.75 Å². The quantitative estimate of drug-likeness (QED) is 0.883. The highest BCUT2D eigenvalue weighted by Gasteiger charge is 2.20. The number of rotatable bonds is 3. The molecular weight excluding hydrogens is 274 g/mol. The van der Waals surface area contributed by atoms with Crippen molar-refractivity contribution >= 4 is 12.0 Å². The monoisotopic (exact) mass is 293 g/mol. The van der Waals surface area contributed by atoms with Gasteiger partial charge in [0.05, 0.1) is 6.04 Å². The van der Waals surface area contributed by atoms with Crippen LogP contribution in [0, 0.1) is 6.92 Å². The molecule has 1 atom stereocenters. The number of para-hydroxylation sites is 1. The standard InChI is InChI=1S/C19H19NO2/c1-14-6-8-15(9-7-14)10-11-19(21)20-17-12-16-4-2-3-5-18(16)22-13-17/h2-11,17H,12-13H2,1H3,(H,20,21)/b11-10+/t17-/m0/s1. The molecule has 1 heterocycles. The smallest absolute Gasteiger partial charge is 0.244 e. The highest BCUT2D eigenvalue weighted by molar-refractivity contribution is 5.91. The first-order chi connectivity index (χ1) is 10.7. The Balaban J connectivity index is 1.57. The van der Waals surface area contributed by atoms with Gasteiger partial charge in [-0.3, -0.25) is 4.79 Å². The topological polar surface area (TPSA) is 38.3 Å². The summed E-state index contributed by atoms with van der Waals surface area (Å²) in [5, 5.41) is 2.99. The van der Waals surface area contributed by atoms with Crippen molar-refractivity contribution in [2.75, 3.05) is 6.61 Å². The summed E-state index contributed by atoms with van der Waals surface area (Å²) in [6.07, 6.45) is 4.21. The van der Waals surface area contributed by atoms with Crippen LogP contribution in [0.4, 0.5) is 0 Å². The number of carbonyl (C=O) groups excluding carboxylic acids is 1. The first-order valence-electron chi connectivity index (χ1n) is 7.47. The van der Waals surface area contributed by atoms with Crippen LogP contribution in [0.15, 0.2) is 54.6 Å². The van der Waals surface area contributed by atoms with Crippen LogP contribution in [0.25, 0.3) is 6.08 Å². The number of fused-ring (bicyclic) bond motifs is 1. The SMILES string of the molecule is Cc1ccc(/C=C/C(=O)N[C@@H]2COc3ccccc3C2)cc1. The van der Waals surface area contributed by atoms with Crippen LogP contribution in [0.5, 0.6) is 5.75 Å². The molecule has 0 radical (unpaired) electrons. The largest absolute Gasteiger partial charge is 0.491 e. The molecule has 1 N–H and O–H groups in total. The number of ether oxygens (including phenoxy) is 1. The third kappa shape index (κ3) is 3.55. The van der Waals surface area contributed by atoms with Crippen LogP contribution in [0.1, 0.15) is 16.7 Å². The minimum atomic E-state index is -0.0893. The minimum Gasteiger partial charge on any atom is -0.491 e. The van der Waals surface area contributed by atoms with E-state index in [0.29, 0.717) is 6.61 Å². The van der Waals surface area contributed by atoms with E-state index in [9.17, 15) is 4.79 Å². The lowest BCUT2D eigenvalue weighted by atomic mass is 10.0. The molecule has 0 saturated heterocycles. The van der Waals surface area contributed by atoms with E-state index >= 15 is 0 Å². The molecule has 0 bridgehead atoms. The summed E-state index contributed by atoms with van der Waals surface area (Å²) >= 11 is 0. The van der Waals surface area contributed by atoms with E-state index < -0.39 is 0 Å². The Labute approximate surface area is 130 Å². The third-order valence-electron chi connectivity index (χ3n) is 3.73. The molecule has 1 amide bonds. The number of benzene rings is 2. The van der Waals surface area contributed by atoms with E-state index in [1.807, 2.05) is 61.5 Å². The fraction of sp³-hybridized carbons (Fsp3) is 0.211. The van der Waals surface area contributed by atoms with Gasteiger partial charge < -0.3 is 10.1 Å². The summed E-state index contributed by atoms with van der Waals surface area (Å²) in [5.41, 5.74) is 3.37. The predicted octanol–water partition coefficient (Wildman–Crippen LogP) is 3.13. The fourth-order valence-electron chi connectivity index (χ4n) is 2.52. The Kier molecular flexibility index (Phi) is 4.24. The average Bonchev–Trinajstić information content (AvgIpc) is 2.54. The van der Waals surface area contributed by atoms with E-state index in [1.165, 1.54) is 5.56 Å². The van der Waals surface area contributed by atoms with Crippen LogP contribution in [0.2, 0.25) is 0 Å². The van der Waals surface area contributed by atoms with Crippen molar-refractivity contribution in [1.82, 2.24) is 5.32 Å². The van der Waals surface area contributed by atoms with Gasteiger partial charge in [0, 0.05) is 6.08 Å². The van der Waals surface area contributed by atoms with Gasteiger partial charge in [-0.05, 0) is 36.6 Å². The van der Waals surface area contributed by atoms with Gasteiger partial charge >= 0.3 is 0 Å². The van der Waals surface area contributed by atoms with E-state index in [2.05, 4.69) is 5.32 Å². The van der Waals surface area contributed by atoms with Crippen molar-refractivity contribution < 1.29 is 9.53 Å². The van der Waals surface area contributed by atoms with E-state index in [-0.39, 0.29) is 11.9 Å². The Morgan fingerprint density at radius 2 is 1.95 bits per heavy atom. The highest BCUT2D eigenvalue weighted by Crippen LogP contribution is 2.23. The fourth-order valence-corrected chi connectivity index (χ4v) is 2.52. The van der Waals surface area contributed by atoms with Crippen LogP contribution >= 0.6 is 0 Å².